The van der Waals surface area contributed by atoms with Gasteiger partial charge in [-0.3, -0.25) is 4.79 Å². The Morgan fingerprint density at radius 3 is 2.44 bits per heavy atom. The number of hydrogen-bond acceptors (Lipinski definition) is 7. The molecule has 0 aliphatic heterocycles. The molecule has 1 atom stereocenters. The van der Waals surface area contributed by atoms with Gasteiger partial charge in [-0.15, -0.1) is 11.3 Å². The third-order valence-corrected chi connectivity index (χ3v) is 6.46. The SMILES string of the molecule is COc1ccc(C(C(N)=O)c2nc(C(=O)OCC3CC3)c(-c3ccccc3)s2)cc1OC. The van der Waals surface area contributed by atoms with E-state index in [1.165, 1.54) is 25.6 Å². The summed E-state index contributed by atoms with van der Waals surface area (Å²) in [7, 11) is 3.06. The van der Waals surface area contributed by atoms with Crippen LogP contribution >= 0.6 is 11.3 Å². The number of methoxy groups -OCH3 is 2. The average Bonchev–Trinajstić information content (AvgIpc) is 3.55. The van der Waals surface area contributed by atoms with Crippen LogP contribution in [0.3, 0.4) is 0 Å². The first-order valence-electron chi connectivity index (χ1n) is 10.3. The molecule has 3 aromatic rings. The fraction of sp³-hybridized carbons (Fsp3) is 0.292. The predicted octanol–water partition coefficient (Wildman–Crippen LogP) is 4.01. The number of amides is 1. The van der Waals surface area contributed by atoms with E-state index in [0.717, 1.165) is 18.4 Å². The van der Waals surface area contributed by atoms with Crippen molar-refractivity contribution in [3.63, 3.8) is 0 Å². The Bertz CT molecular complexity index is 1120. The largest absolute Gasteiger partial charge is 0.493 e. The zero-order valence-corrected chi connectivity index (χ0v) is 18.7. The van der Waals surface area contributed by atoms with Gasteiger partial charge in [-0.1, -0.05) is 36.4 Å². The van der Waals surface area contributed by atoms with E-state index in [9.17, 15) is 9.59 Å². The van der Waals surface area contributed by atoms with Gasteiger partial charge in [0.2, 0.25) is 5.91 Å². The van der Waals surface area contributed by atoms with Crippen LogP contribution in [0.15, 0.2) is 48.5 Å². The standard InChI is InChI=1S/C24H24N2O5S/c1-29-17-11-10-16(12-18(17)30-2)19(22(25)27)23-26-20(24(28)31-13-14-8-9-14)21(32-23)15-6-4-3-5-7-15/h3-7,10-12,14,19H,8-9,13H2,1-2H3,(H2,25,27). The Kier molecular flexibility index (Phi) is 6.41. The number of hydrogen-bond donors (Lipinski definition) is 1. The van der Waals surface area contributed by atoms with Gasteiger partial charge >= 0.3 is 5.97 Å². The molecule has 166 valence electrons. The van der Waals surface area contributed by atoms with Crippen LogP contribution in [0.4, 0.5) is 0 Å². The van der Waals surface area contributed by atoms with Gasteiger partial charge in [0.15, 0.2) is 17.2 Å². The number of primary amides is 1. The van der Waals surface area contributed by atoms with Gasteiger partial charge in [0, 0.05) is 0 Å². The molecule has 1 fully saturated rings. The van der Waals surface area contributed by atoms with E-state index < -0.39 is 17.8 Å². The Balaban J connectivity index is 1.76. The summed E-state index contributed by atoms with van der Waals surface area (Å²) in [4.78, 5) is 30.6. The summed E-state index contributed by atoms with van der Waals surface area (Å²) in [6.07, 6.45) is 2.15. The molecule has 1 unspecified atom stereocenters. The van der Waals surface area contributed by atoms with Gasteiger partial charge in [-0.25, -0.2) is 9.78 Å². The van der Waals surface area contributed by atoms with Crippen molar-refractivity contribution in [1.29, 1.82) is 0 Å². The van der Waals surface area contributed by atoms with Gasteiger partial charge in [0.25, 0.3) is 0 Å². The van der Waals surface area contributed by atoms with Crippen molar-refractivity contribution < 1.29 is 23.8 Å². The third-order valence-electron chi connectivity index (χ3n) is 5.29. The normalized spacial score (nSPS) is 13.9. The summed E-state index contributed by atoms with van der Waals surface area (Å²) < 4.78 is 16.1. The molecule has 1 aliphatic rings. The molecule has 8 heteroatoms. The molecule has 0 radical (unpaired) electrons. The maximum absolute atomic E-state index is 12.9. The second-order valence-corrected chi connectivity index (χ2v) is 8.62. The topological polar surface area (TPSA) is 101 Å². The minimum atomic E-state index is -0.854. The lowest BCUT2D eigenvalue weighted by atomic mass is 9.98. The molecule has 1 aliphatic carbocycles. The van der Waals surface area contributed by atoms with Crippen LogP contribution in [0.25, 0.3) is 10.4 Å². The summed E-state index contributed by atoms with van der Waals surface area (Å²) in [5.41, 5.74) is 7.40. The number of thiazole rings is 1. The van der Waals surface area contributed by atoms with E-state index in [2.05, 4.69) is 4.98 Å². The zero-order valence-electron chi connectivity index (χ0n) is 17.9. The average molecular weight is 453 g/mol. The molecule has 2 aromatic carbocycles. The minimum Gasteiger partial charge on any atom is -0.493 e. The second kappa shape index (κ2) is 9.40. The van der Waals surface area contributed by atoms with Crippen molar-refractivity contribution in [3.05, 3.63) is 64.8 Å². The molecule has 2 N–H and O–H groups in total. The van der Waals surface area contributed by atoms with Crippen molar-refractivity contribution in [3.8, 4) is 21.9 Å². The van der Waals surface area contributed by atoms with E-state index in [-0.39, 0.29) is 5.69 Å². The van der Waals surface area contributed by atoms with Crippen LogP contribution in [-0.4, -0.2) is 37.7 Å². The van der Waals surface area contributed by atoms with Gasteiger partial charge in [0.1, 0.15) is 10.9 Å². The van der Waals surface area contributed by atoms with E-state index in [4.69, 9.17) is 19.9 Å². The lowest BCUT2D eigenvalue weighted by molar-refractivity contribution is -0.118. The number of carbonyl (C=O) groups is 2. The van der Waals surface area contributed by atoms with E-state index in [1.807, 2.05) is 30.3 Å². The predicted molar refractivity (Wildman–Crippen MR) is 121 cm³/mol. The Morgan fingerprint density at radius 2 is 1.81 bits per heavy atom. The van der Waals surface area contributed by atoms with Crippen LogP contribution in [0.1, 0.15) is 39.8 Å². The van der Waals surface area contributed by atoms with Crippen LogP contribution in [0, 0.1) is 5.92 Å². The molecular weight excluding hydrogens is 428 g/mol. The number of esters is 1. The van der Waals surface area contributed by atoms with Crippen molar-refractivity contribution in [2.45, 2.75) is 18.8 Å². The fourth-order valence-electron chi connectivity index (χ4n) is 3.39. The van der Waals surface area contributed by atoms with Crippen LogP contribution < -0.4 is 15.2 Å². The number of rotatable bonds is 9. The zero-order chi connectivity index (χ0) is 22.7. The third kappa shape index (κ3) is 4.60. The minimum absolute atomic E-state index is 0.198. The summed E-state index contributed by atoms with van der Waals surface area (Å²) in [5, 5.41) is 0.418. The molecule has 1 amide bonds. The highest BCUT2D eigenvalue weighted by Crippen LogP contribution is 2.39. The molecule has 32 heavy (non-hydrogen) atoms. The van der Waals surface area contributed by atoms with Gasteiger partial charge in [-0.05, 0) is 42.0 Å². The maximum Gasteiger partial charge on any atom is 0.358 e. The number of aromatic nitrogens is 1. The summed E-state index contributed by atoms with van der Waals surface area (Å²) in [5.74, 6) is -0.486. The highest BCUT2D eigenvalue weighted by Gasteiger charge is 2.31. The molecule has 7 nitrogen and oxygen atoms in total. The van der Waals surface area contributed by atoms with Crippen molar-refractivity contribution in [1.82, 2.24) is 4.98 Å². The number of carbonyl (C=O) groups excluding carboxylic acids is 2. The number of nitrogens with two attached hydrogens (primary N) is 1. The molecule has 1 saturated carbocycles. The van der Waals surface area contributed by atoms with Crippen molar-refractivity contribution in [2.24, 2.45) is 11.7 Å². The first kappa shape index (κ1) is 21.8. The summed E-state index contributed by atoms with van der Waals surface area (Å²) in [6.45, 7) is 0.384. The van der Waals surface area contributed by atoms with Gasteiger partial charge in [-0.2, -0.15) is 0 Å². The Labute approximate surface area is 190 Å². The van der Waals surface area contributed by atoms with Crippen LogP contribution in [-0.2, 0) is 9.53 Å². The fourth-order valence-corrected chi connectivity index (χ4v) is 4.59. The first-order valence-corrected chi connectivity index (χ1v) is 11.1. The van der Waals surface area contributed by atoms with E-state index in [0.29, 0.717) is 39.5 Å². The Hall–Kier alpha value is -3.39. The molecule has 0 saturated heterocycles. The molecule has 0 spiro atoms. The second-order valence-electron chi connectivity index (χ2n) is 7.59. The molecule has 0 bridgehead atoms. The lowest BCUT2D eigenvalue weighted by Crippen LogP contribution is -2.22. The highest BCUT2D eigenvalue weighted by atomic mass is 32.1. The van der Waals surface area contributed by atoms with E-state index >= 15 is 0 Å². The quantitative estimate of drug-likeness (QED) is 0.492. The van der Waals surface area contributed by atoms with Crippen molar-refractivity contribution in [2.75, 3.05) is 20.8 Å². The number of benzene rings is 2. The Morgan fingerprint density at radius 1 is 1.09 bits per heavy atom. The number of ether oxygens (including phenoxy) is 3. The van der Waals surface area contributed by atoms with Gasteiger partial charge in [0.05, 0.1) is 25.7 Å². The van der Waals surface area contributed by atoms with Crippen LogP contribution in [0.2, 0.25) is 0 Å². The molecule has 1 heterocycles. The first-order chi connectivity index (χ1) is 15.5. The number of nitrogens with zero attached hydrogens (tertiary/aromatic N) is 1. The maximum atomic E-state index is 12.9. The molecule has 4 rings (SSSR count). The monoisotopic (exact) mass is 452 g/mol. The van der Waals surface area contributed by atoms with Crippen molar-refractivity contribution >= 4 is 23.2 Å². The van der Waals surface area contributed by atoms with Crippen LogP contribution in [0.5, 0.6) is 11.5 Å². The molecular formula is C24H24N2O5S. The van der Waals surface area contributed by atoms with E-state index in [1.54, 1.807) is 18.2 Å². The van der Waals surface area contributed by atoms with Gasteiger partial charge < -0.3 is 19.9 Å². The highest BCUT2D eigenvalue weighted by molar-refractivity contribution is 7.15. The smallest absolute Gasteiger partial charge is 0.358 e. The lowest BCUT2D eigenvalue weighted by Gasteiger charge is -2.14. The molecule has 1 aromatic heterocycles. The summed E-state index contributed by atoms with van der Waals surface area (Å²) >= 11 is 1.26. The summed E-state index contributed by atoms with van der Waals surface area (Å²) in [6, 6.07) is 14.6.